The number of nitrogens with zero attached hydrogens (tertiary/aromatic N) is 3. The van der Waals surface area contributed by atoms with E-state index in [1.165, 1.54) is 12.8 Å². The Kier molecular flexibility index (Phi) is 3.93. The number of carbonyl (C=O) groups excluding carboxylic acids is 1. The predicted molar refractivity (Wildman–Crippen MR) is 96.5 cm³/mol. The van der Waals surface area contributed by atoms with Crippen LogP contribution in [0.4, 0.5) is 16.7 Å². The lowest BCUT2D eigenvalue weighted by atomic mass is 10.1. The van der Waals surface area contributed by atoms with Crippen molar-refractivity contribution in [3.8, 4) is 11.1 Å². The Morgan fingerprint density at radius 2 is 2.04 bits per heavy atom. The van der Waals surface area contributed by atoms with Crippen LogP contribution in [0.25, 0.3) is 22.2 Å². The zero-order valence-electron chi connectivity index (χ0n) is 13.8. The van der Waals surface area contributed by atoms with Crippen molar-refractivity contribution in [3.05, 3.63) is 30.6 Å². The first-order chi connectivity index (χ1) is 12.2. The molecule has 2 aromatic heterocycles. The molecule has 0 unspecified atom stereocenters. The summed E-state index contributed by atoms with van der Waals surface area (Å²) in [6.07, 6.45) is 5.99. The Labute approximate surface area is 144 Å². The number of aromatic nitrogens is 4. The summed E-state index contributed by atoms with van der Waals surface area (Å²) < 4.78 is 0. The predicted octanol–water partition coefficient (Wildman–Crippen LogP) is 2.74. The summed E-state index contributed by atoms with van der Waals surface area (Å²) in [5.41, 5.74) is 3.51. The van der Waals surface area contributed by atoms with Gasteiger partial charge in [0.2, 0.25) is 11.9 Å². The molecular formula is C17H19N7O. The number of anilines is 2. The molecule has 3 aromatic rings. The van der Waals surface area contributed by atoms with Crippen LogP contribution in [0.1, 0.15) is 19.8 Å². The smallest absolute Gasteiger partial charge is 0.321 e. The summed E-state index contributed by atoms with van der Waals surface area (Å²) in [6.45, 7) is 2.42. The van der Waals surface area contributed by atoms with Crippen LogP contribution in [0.3, 0.4) is 0 Å². The number of amides is 2. The number of aromatic amines is 1. The van der Waals surface area contributed by atoms with Crippen LogP contribution in [0, 0.1) is 0 Å². The number of benzene rings is 1. The second kappa shape index (κ2) is 6.39. The lowest BCUT2D eigenvalue weighted by Crippen LogP contribution is -2.28. The van der Waals surface area contributed by atoms with E-state index in [4.69, 9.17) is 0 Å². The highest BCUT2D eigenvalue weighted by Gasteiger charge is 2.21. The number of rotatable bonds is 5. The summed E-state index contributed by atoms with van der Waals surface area (Å²) in [6, 6.07) is 6.09. The van der Waals surface area contributed by atoms with Crippen molar-refractivity contribution in [2.45, 2.75) is 25.8 Å². The van der Waals surface area contributed by atoms with Gasteiger partial charge in [0.15, 0.2) is 0 Å². The molecule has 1 saturated carbocycles. The van der Waals surface area contributed by atoms with Gasteiger partial charge < -0.3 is 15.6 Å². The number of nitrogens with one attached hydrogen (secondary N) is 4. The number of hydrogen-bond acceptors (Lipinski definition) is 5. The summed E-state index contributed by atoms with van der Waals surface area (Å²) in [5, 5.41) is 8.61. The standard InChI is InChI=1S/C17H19N7O/c1-2-18-17(25)24-16-22-13-6-3-10(7-14(13)23-16)11-8-19-15(20-9-11)21-12-4-5-12/h3,6-9,12H,2,4-5H2,1H3,(H,19,20,21)(H3,18,22,23,24,25). The van der Waals surface area contributed by atoms with E-state index in [-0.39, 0.29) is 6.03 Å². The third kappa shape index (κ3) is 3.52. The molecule has 1 aromatic carbocycles. The number of H-pyrrole nitrogens is 1. The molecular weight excluding hydrogens is 318 g/mol. The van der Waals surface area contributed by atoms with Crippen LogP contribution in [-0.4, -0.2) is 38.6 Å². The second-order valence-corrected chi connectivity index (χ2v) is 6.02. The van der Waals surface area contributed by atoms with E-state index < -0.39 is 0 Å². The molecule has 1 aliphatic carbocycles. The molecule has 0 saturated heterocycles. The van der Waals surface area contributed by atoms with E-state index in [0.29, 0.717) is 24.5 Å². The van der Waals surface area contributed by atoms with Crippen LogP contribution < -0.4 is 16.0 Å². The van der Waals surface area contributed by atoms with E-state index in [2.05, 4.69) is 35.9 Å². The SMILES string of the molecule is CCNC(=O)Nc1nc2cc(-c3cnc(NC4CC4)nc3)ccc2[nH]1. The molecule has 0 bridgehead atoms. The number of fused-ring (bicyclic) bond motifs is 1. The molecule has 8 nitrogen and oxygen atoms in total. The first-order valence-electron chi connectivity index (χ1n) is 8.35. The number of hydrogen-bond donors (Lipinski definition) is 4. The van der Waals surface area contributed by atoms with E-state index in [1.54, 1.807) is 12.4 Å². The first-order valence-corrected chi connectivity index (χ1v) is 8.35. The highest BCUT2D eigenvalue weighted by molar-refractivity contribution is 5.90. The first kappa shape index (κ1) is 15.4. The third-order valence-electron chi connectivity index (χ3n) is 3.95. The quantitative estimate of drug-likeness (QED) is 0.572. The van der Waals surface area contributed by atoms with E-state index in [1.807, 2.05) is 25.1 Å². The zero-order chi connectivity index (χ0) is 17.2. The van der Waals surface area contributed by atoms with Gasteiger partial charge in [-0.05, 0) is 37.5 Å². The van der Waals surface area contributed by atoms with E-state index in [0.717, 1.165) is 22.2 Å². The van der Waals surface area contributed by atoms with Gasteiger partial charge in [0.05, 0.1) is 11.0 Å². The molecule has 1 fully saturated rings. The Hall–Kier alpha value is -3.16. The molecule has 0 radical (unpaired) electrons. The average Bonchev–Trinajstić information content (AvgIpc) is 3.32. The summed E-state index contributed by atoms with van der Waals surface area (Å²) in [5.74, 6) is 1.08. The second-order valence-electron chi connectivity index (χ2n) is 6.02. The van der Waals surface area contributed by atoms with Crippen LogP contribution >= 0.6 is 0 Å². The van der Waals surface area contributed by atoms with E-state index >= 15 is 0 Å². The molecule has 2 amide bonds. The number of carbonyl (C=O) groups is 1. The molecule has 0 spiro atoms. The normalized spacial score (nSPS) is 13.6. The van der Waals surface area contributed by atoms with Crippen molar-refractivity contribution in [2.75, 3.05) is 17.2 Å². The molecule has 1 aliphatic rings. The maximum absolute atomic E-state index is 11.6. The zero-order valence-corrected chi connectivity index (χ0v) is 13.8. The molecule has 4 N–H and O–H groups in total. The minimum atomic E-state index is -0.283. The summed E-state index contributed by atoms with van der Waals surface area (Å²) in [7, 11) is 0. The summed E-state index contributed by atoms with van der Waals surface area (Å²) in [4.78, 5) is 27.8. The minimum absolute atomic E-state index is 0.283. The molecule has 8 heteroatoms. The van der Waals surface area contributed by atoms with Crippen LogP contribution in [0.5, 0.6) is 0 Å². The van der Waals surface area contributed by atoms with Gasteiger partial charge in [-0.3, -0.25) is 5.32 Å². The Bertz CT molecular complexity index is 899. The van der Waals surface area contributed by atoms with Gasteiger partial charge in [-0.25, -0.2) is 19.7 Å². The fourth-order valence-corrected chi connectivity index (χ4v) is 2.52. The van der Waals surface area contributed by atoms with Crippen LogP contribution in [-0.2, 0) is 0 Å². The Morgan fingerprint density at radius 3 is 2.76 bits per heavy atom. The molecule has 0 aliphatic heterocycles. The van der Waals surface area contributed by atoms with Crippen LogP contribution in [0.15, 0.2) is 30.6 Å². The monoisotopic (exact) mass is 337 g/mol. The Balaban J connectivity index is 1.54. The average molecular weight is 337 g/mol. The van der Waals surface area contributed by atoms with Gasteiger partial charge in [0.1, 0.15) is 0 Å². The van der Waals surface area contributed by atoms with Crippen molar-refractivity contribution in [2.24, 2.45) is 0 Å². The molecule has 0 atom stereocenters. The van der Waals surface area contributed by atoms with Crippen molar-refractivity contribution < 1.29 is 4.79 Å². The third-order valence-corrected chi connectivity index (χ3v) is 3.95. The molecule has 128 valence electrons. The topological polar surface area (TPSA) is 108 Å². The minimum Gasteiger partial charge on any atom is -0.351 e. The lowest BCUT2D eigenvalue weighted by Gasteiger charge is -2.04. The lowest BCUT2D eigenvalue weighted by molar-refractivity contribution is 0.252. The number of urea groups is 1. The van der Waals surface area contributed by atoms with E-state index in [9.17, 15) is 4.79 Å². The van der Waals surface area contributed by atoms with Crippen molar-refractivity contribution in [3.63, 3.8) is 0 Å². The van der Waals surface area contributed by atoms with Gasteiger partial charge >= 0.3 is 6.03 Å². The van der Waals surface area contributed by atoms with Crippen molar-refractivity contribution in [1.29, 1.82) is 0 Å². The summed E-state index contributed by atoms with van der Waals surface area (Å²) >= 11 is 0. The fraction of sp³-hybridized carbons (Fsp3) is 0.294. The maximum Gasteiger partial charge on any atom is 0.321 e. The molecule has 2 heterocycles. The van der Waals surface area contributed by atoms with Crippen molar-refractivity contribution in [1.82, 2.24) is 25.3 Å². The molecule has 4 rings (SSSR count). The fourth-order valence-electron chi connectivity index (χ4n) is 2.52. The number of imidazole rings is 1. The van der Waals surface area contributed by atoms with Crippen molar-refractivity contribution >= 4 is 29.0 Å². The highest BCUT2D eigenvalue weighted by atomic mass is 16.2. The van der Waals surface area contributed by atoms with Crippen LogP contribution in [0.2, 0.25) is 0 Å². The van der Waals surface area contributed by atoms with Gasteiger partial charge in [0.25, 0.3) is 0 Å². The van der Waals surface area contributed by atoms with Gasteiger partial charge in [-0.2, -0.15) is 0 Å². The largest absolute Gasteiger partial charge is 0.351 e. The highest BCUT2D eigenvalue weighted by Crippen LogP contribution is 2.25. The molecule has 25 heavy (non-hydrogen) atoms. The van der Waals surface area contributed by atoms with Gasteiger partial charge in [-0.1, -0.05) is 6.07 Å². The van der Waals surface area contributed by atoms with Gasteiger partial charge in [-0.15, -0.1) is 0 Å². The van der Waals surface area contributed by atoms with Gasteiger partial charge in [0, 0.05) is 30.5 Å². The Morgan fingerprint density at radius 1 is 1.24 bits per heavy atom. The maximum atomic E-state index is 11.6.